The van der Waals surface area contributed by atoms with E-state index >= 15 is 0 Å². The van der Waals surface area contributed by atoms with Gasteiger partial charge >= 0.3 is 11.9 Å². The van der Waals surface area contributed by atoms with Crippen molar-refractivity contribution in [2.75, 3.05) is 0 Å². The lowest BCUT2D eigenvalue weighted by atomic mass is 10.1. The minimum absolute atomic E-state index is 0.0662. The highest BCUT2D eigenvalue weighted by Gasteiger charge is 2.14. The minimum atomic E-state index is -1.26. The monoisotopic (exact) mass is 470 g/mol. The number of carbonyl (C=O) groups is 2. The van der Waals surface area contributed by atoms with Crippen LogP contribution in [-0.2, 0) is 13.2 Å². The van der Waals surface area contributed by atoms with E-state index in [1.165, 1.54) is 12.1 Å². The average molecular weight is 470 g/mol. The molecule has 0 radical (unpaired) electrons. The van der Waals surface area contributed by atoms with Crippen LogP contribution in [0, 0.1) is 0 Å². The summed E-state index contributed by atoms with van der Waals surface area (Å²) in [5, 5.41) is 18.7. The summed E-state index contributed by atoms with van der Waals surface area (Å²) in [5.74, 6) is -1.20. The average Bonchev–Trinajstić information content (AvgIpc) is 2.87. The second kappa shape index (κ2) is 10.9. The third kappa shape index (κ3) is 6.61. The van der Waals surface area contributed by atoms with Gasteiger partial charge in [-0.2, -0.15) is 0 Å². The zero-order valence-corrected chi connectivity index (χ0v) is 18.6. The lowest BCUT2D eigenvalue weighted by Gasteiger charge is -2.14. The molecule has 0 unspecified atom stereocenters. The molecule has 0 amide bonds. The molecule has 0 saturated carbocycles. The SMILES string of the molecule is O=C(O)c1cc(Oc2cc(OCc3ccccc3)cc(OCc3ccccc3)c2)cc(C(=O)O)c1. The van der Waals surface area contributed by atoms with Crippen molar-refractivity contribution < 1.29 is 34.0 Å². The smallest absolute Gasteiger partial charge is 0.335 e. The zero-order chi connectivity index (χ0) is 24.6. The van der Waals surface area contributed by atoms with Gasteiger partial charge in [0.25, 0.3) is 0 Å². The Kier molecular flexibility index (Phi) is 7.28. The number of hydrogen-bond donors (Lipinski definition) is 2. The predicted molar refractivity (Wildman–Crippen MR) is 128 cm³/mol. The van der Waals surface area contributed by atoms with E-state index in [0.29, 0.717) is 30.5 Å². The van der Waals surface area contributed by atoms with E-state index in [2.05, 4.69) is 0 Å². The number of carboxylic acids is 2. The van der Waals surface area contributed by atoms with E-state index in [-0.39, 0.29) is 16.9 Å². The predicted octanol–water partition coefficient (Wildman–Crippen LogP) is 6.03. The Bertz CT molecular complexity index is 1220. The van der Waals surface area contributed by atoms with Crippen LogP contribution in [-0.4, -0.2) is 22.2 Å². The Morgan fingerprint density at radius 1 is 0.543 bits per heavy atom. The highest BCUT2D eigenvalue weighted by atomic mass is 16.5. The van der Waals surface area contributed by atoms with Gasteiger partial charge in [0.05, 0.1) is 11.1 Å². The van der Waals surface area contributed by atoms with E-state index < -0.39 is 11.9 Å². The van der Waals surface area contributed by atoms with Crippen molar-refractivity contribution in [3.63, 3.8) is 0 Å². The van der Waals surface area contributed by atoms with Crippen LogP contribution in [0.2, 0.25) is 0 Å². The molecule has 0 atom stereocenters. The number of aromatic carboxylic acids is 2. The Morgan fingerprint density at radius 2 is 0.943 bits per heavy atom. The molecule has 0 aliphatic rings. The van der Waals surface area contributed by atoms with Gasteiger partial charge in [-0.3, -0.25) is 0 Å². The molecule has 7 nitrogen and oxygen atoms in total. The molecule has 0 heterocycles. The molecule has 0 aromatic heterocycles. The molecule has 35 heavy (non-hydrogen) atoms. The third-order valence-electron chi connectivity index (χ3n) is 4.99. The van der Waals surface area contributed by atoms with Gasteiger partial charge in [-0.1, -0.05) is 60.7 Å². The fourth-order valence-corrected chi connectivity index (χ4v) is 3.29. The Labute approximate surface area is 201 Å². The van der Waals surface area contributed by atoms with Crippen molar-refractivity contribution in [1.29, 1.82) is 0 Å². The van der Waals surface area contributed by atoms with E-state index in [9.17, 15) is 19.8 Å². The van der Waals surface area contributed by atoms with Gasteiger partial charge in [0.2, 0.25) is 0 Å². The van der Waals surface area contributed by atoms with Gasteiger partial charge in [-0.25, -0.2) is 9.59 Å². The second-order valence-corrected chi connectivity index (χ2v) is 7.65. The topological polar surface area (TPSA) is 102 Å². The summed E-state index contributed by atoms with van der Waals surface area (Å²) in [4.78, 5) is 22.9. The maximum absolute atomic E-state index is 11.4. The fourth-order valence-electron chi connectivity index (χ4n) is 3.29. The lowest BCUT2D eigenvalue weighted by Crippen LogP contribution is -2.03. The first-order chi connectivity index (χ1) is 17.0. The van der Waals surface area contributed by atoms with Gasteiger partial charge in [0.1, 0.15) is 36.2 Å². The molecule has 0 bridgehead atoms. The van der Waals surface area contributed by atoms with Crippen molar-refractivity contribution in [2.45, 2.75) is 13.2 Å². The molecule has 4 aromatic rings. The molecule has 4 aromatic carbocycles. The van der Waals surface area contributed by atoms with Gasteiger partial charge in [-0.05, 0) is 29.3 Å². The first kappa shape index (κ1) is 23.4. The van der Waals surface area contributed by atoms with E-state index in [4.69, 9.17) is 14.2 Å². The summed E-state index contributed by atoms with van der Waals surface area (Å²) >= 11 is 0. The van der Waals surface area contributed by atoms with Crippen LogP contribution in [0.5, 0.6) is 23.0 Å². The Hall–Kier alpha value is -4.78. The number of carboxylic acid groups (broad SMARTS) is 2. The summed E-state index contributed by atoms with van der Waals surface area (Å²) in [6.07, 6.45) is 0. The molecular weight excluding hydrogens is 448 g/mol. The highest BCUT2D eigenvalue weighted by molar-refractivity contribution is 5.94. The van der Waals surface area contributed by atoms with Gasteiger partial charge in [0, 0.05) is 18.2 Å². The van der Waals surface area contributed by atoms with Crippen molar-refractivity contribution in [3.8, 4) is 23.0 Å². The van der Waals surface area contributed by atoms with Gasteiger partial charge in [0.15, 0.2) is 0 Å². The summed E-state index contributed by atoms with van der Waals surface area (Å²) in [7, 11) is 0. The van der Waals surface area contributed by atoms with E-state index in [0.717, 1.165) is 17.2 Å². The van der Waals surface area contributed by atoms with Crippen LogP contribution in [0.1, 0.15) is 31.8 Å². The summed E-state index contributed by atoms with van der Waals surface area (Å²) in [6.45, 7) is 0.639. The normalized spacial score (nSPS) is 10.4. The Morgan fingerprint density at radius 3 is 1.37 bits per heavy atom. The standard InChI is InChI=1S/C28H22O7/c29-27(30)21-11-22(28(31)32)13-25(12-21)35-26-15-23(33-17-19-7-3-1-4-8-19)14-24(16-26)34-18-20-9-5-2-6-10-20/h1-16H,17-18H2,(H,29,30)(H,31,32). The fraction of sp³-hybridized carbons (Fsp3) is 0.0714. The number of benzene rings is 4. The third-order valence-corrected chi connectivity index (χ3v) is 4.99. The summed E-state index contributed by atoms with van der Waals surface area (Å²) in [5.41, 5.74) is 1.56. The largest absolute Gasteiger partial charge is 0.489 e. The maximum atomic E-state index is 11.4. The number of ether oxygens (including phenoxy) is 3. The van der Waals surface area contributed by atoms with Crippen LogP contribution < -0.4 is 14.2 Å². The zero-order valence-electron chi connectivity index (χ0n) is 18.6. The molecule has 0 fully saturated rings. The van der Waals surface area contributed by atoms with Crippen molar-refractivity contribution in [3.05, 3.63) is 119 Å². The maximum Gasteiger partial charge on any atom is 0.335 e. The first-order valence-electron chi connectivity index (χ1n) is 10.7. The van der Waals surface area contributed by atoms with Crippen molar-refractivity contribution >= 4 is 11.9 Å². The van der Waals surface area contributed by atoms with Crippen LogP contribution in [0.25, 0.3) is 0 Å². The van der Waals surface area contributed by atoms with Crippen LogP contribution in [0.4, 0.5) is 0 Å². The quantitative estimate of drug-likeness (QED) is 0.292. The second-order valence-electron chi connectivity index (χ2n) is 7.65. The molecule has 0 aliphatic carbocycles. The van der Waals surface area contributed by atoms with E-state index in [1.54, 1.807) is 18.2 Å². The Balaban J connectivity index is 1.61. The molecule has 176 valence electrons. The molecule has 0 spiro atoms. The molecular formula is C28H22O7. The lowest BCUT2D eigenvalue weighted by molar-refractivity contribution is 0.0696. The van der Waals surface area contributed by atoms with Crippen molar-refractivity contribution in [2.24, 2.45) is 0 Å². The van der Waals surface area contributed by atoms with Crippen LogP contribution in [0.15, 0.2) is 97.1 Å². The molecule has 4 rings (SSSR count). The van der Waals surface area contributed by atoms with E-state index in [1.807, 2.05) is 60.7 Å². The van der Waals surface area contributed by atoms with Crippen LogP contribution in [0.3, 0.4) is 0 Å². The minimum Gasteiger partial charge on any atom is -0.489 e. The van der Waals surface area contributed by atoms with Gasteiger partial charge < -0.3 is 24.4 Å². The van der Waals surface area contributed by atoms with Gasteiger partial charge in [-0.15, -0.1) is 0 Å². The molecule has 7 heteroatoms. The highest BCUT2D eigenvalue weighted by Crippen LogP contribution is 2.33. The number of hydrogen-bond acceptors (Lipinski definition) is 5. The molecule has 0 aliphatic heterocycles. The summed E-state index contributed by atoms with van der Waals surface area (Å²) in [6, 6.07) is 27.9. The summed E-state index contributed by atoms with van der Waals surface area (Å²) < 4.78 is 17.7. The number of rotatable bonds is 10. The molecule has 2 N–H and O–H groups in total. The van der Waals surface area contributed by atoms with Crippen LogP contribution >= 0.6 is 0 Å². The first-order valence-corrected chi connectivity index (χ1v) is 10.7. The molecule has 0 saturated heterocycles. The van der Waals surface area contributed by atoms with Crippen molar-refractivity contribution in [1.82, 2.24) is 0 Å².